The summed E-state index contributed by atoms with van der Waals surface area (Å²) >= 11 is 7.65. The summed E-state index contributed by atoms with van der Waals surface area (Å²) in [6.07, 6.45) is 0.512. The van der Waals surface area contributed by atoms with E-state index in [1.807, 2.05) is 6.07 Å². The Balaban J connectivity index is 2.32. The van der Waals surface area contributed by atoms with E-state index in [1.165, 1.54) is 6.92 Å². The third-order valence-corrected chi connectivity index (χ3v) is 6.96. The van der Waals surface area contributed by atoms with Crippen LogP contribution in [-0.2, 0) is 14.6 Å². The predicted octanol–water partition coefficient (Wildman–Crippen LogP) is 2.99. The van der Waals surface area contributed by atoms with E-state index in [2.05, 4.69) is 0 Å². The van der Waals surface area contributed by atoms with Crippen molar-refractivity contribution in [2.45, 2.75) is 30.4 Å². The summed E-state index contributed by atoms with van der Waals surface area (Å²) in [4.78, 5) is 15.1. The van der Waals surface area contributed by atoms with Gasteiger partial charge in [-0.1, -0.05) is 18.5 Å². The number of amides is 1. The highest BCUT2D eigenvalue weighted by Gasteiger charge is 2.33. The van der Waals surface area contributed by atoms with Crippen LogP contribution in [0.1, 0.15) is 20.3 Å². The van der Waals surface area contributed by atoms with Gasteiger partial charge in [0.25, 0.3) is 0 Å². The number of fused-ring (bicyclic) bond motifs is 1. The molecule has 1 aliphatic heterocycles. The van der Waals surface area contributed by atoms with Crippen molar-refractivity contribution >= 4 is 44.8 Å². The molecule has 0 N–H and O–H groups in total. The number of hydrogen-bond donors (Lipinski definition) is 0. The van der Waals surface area contributed by atoms with Gasteiger partial charge >= 0.3 is 0 Å². The fourth-order valence-corrected chi connectivity index (χ4v) is 4.75. The highest BCUT2D eigenvalue weighted by Crippen LogP contribution is 2.37. The first-order valence-corrected chi connectivity index (χ1v) is 9.90. The van der Waals surface area contributed by atoms with Crippen molar-refractivity contribution in [1.29, 1.82) is 0 Å². The number of anilines is 1. The lowest BCUT2D eigenvalue weighted by Crippen LogP contribution is -2.44. The number of sulfone groups is 1. The molecule has 0 radical (unpaired) electrons. The molecule has 1 atom stereocenters. The van der Waals surface area contributed by atoms with Gasteiger partial charge in [-0.05, 0) is 31.5 Å². The predicted molar refractivity (Wildman–Crippen MR) is 88.1 cm³/mol. The van der Waals surface area contributed by atoms with Gasteiger partial charge in [0.15, 0.2) is 9.84 Å². The molecule has 1 aromatic rings. The number of rotatable bonds is 4. The molecule has 0 spiro atoms. The fraction of sp³-hybridized carbons (Fsp3) is 0.500. The Morgan fingerprint density at radius 3 is 2.86 bits per heavy atom. The summed E-state index contributed by atoms with van der Waals surface area (Å²) < 4.78 is 24.2. The van der Waals surface area contributed by atoms with Gasteiger partial charge in [-0.15, -0.1) is 11.8 Å². The second-order valence-electron chi connectivity index (χ2n) is 4.96. The SMILES string of the molecule is CCCS(=O)(=O)[C@H](C)C(=O)N1CCSc2ccc(Cl)cc21. The molecule has 0 fully saturated rings. The highest BCUT2D eigenvalue weighted by atomic mass is 35.5. The third-order valence-electron chi connectivity index (χ3n) is 3.43. The maximum Gasteiger partial charge on any atom is 0.245 e. The molecule has 21 heavy (non-hydrogen) atoms. The lowest BCUT2D eigenvalue weighted by Gasteiger charge is -2.31. The molecular weight excluding hydrogens is 330 g/mol. The fourth-order valence-electron chi connectivity index (χ4n) is 2.25. The average molecular weight is 348 g/mol. The minimum absolute atomic E-state index is 0.0326. The smallest absolute Gasteiger partial charge is 0.245 e. The van der Waals surface area contributed by atoms with Crippen LogP contribution in [0.15, 0.2) is 23.1 Å². The van der Waals surface area contributed by atoms with Crippen LogP contribution in [0, 0.1) is 0 Å². The van der Waals surface area contributed by atoms with Gasteiger partial charge in [-0.3, -0.25) is 4.79 Å². The van der Waals surface area contributed by atoms with E-state index >= 15 is 0 Å². The van der Waals surface area contributed by atoms with E-state index in [1.54, 1.807) is 35.7 Å². The van der Waals surface area contributed by atoms with Gasteiger partial charge in [0, 0.05) is 22.2 Å². The van der Waals surface area contributed by atoms with E-state index in [9.17, 15) is 13.2 Å². The molecule has 0 saturated heterocycles. The Morgan fingerprint density at radius 1 is 1.48 bits per heavy atom. The van der Waals surface area contributed by atoms with Crippen molar-refractivity contribution in [3.05, 3.63) is 23.2 Å². The van der Waals surface area contributed by atoms with Crippen LogP contribution in [0.3, 0.4) is 0 Å². The molecule has 1 aromatic carbocycles. The number of thioether (sulfide) groups is 1. The Hall–Kier alpha value is -0.720. The molecule has 116 valence electrons. The van der Waals surface area contributed by atoms with E-state index in [0.717, 1.165) is 10.6 Å². The molecule has 0 unspecified atom stereocenters. The van der Waals surface area contributed by atoms with E-state index in [-0.39, 0.29) is 11.7 Å². The number of hydrogen-bond acceptors (Lipinski definition) is 4. The van der Waals surface area contributed by atoms with Crippen molar-refractivity contribution < 1.29 is 13.2 Å². The maximum atomic E-state index is 12.6. The molecule has 7 heteroatoms. The lowest BCUT2D eigenvalue weighted by molar-refractivity contribution is -0.117. The Kier molecular flexibility index (Phi) is 5.22. The van der Waals surface area contributed by atoms with Crippen LogP contribution in [0.2, 0.25) is 5.02 Å². The number of benzene rings is 1. The molecular formula is C14H18ClNO3S2. The summed E-state index contributed by atoms with van der Waals surface area (Å²) in [5.74, 6) is 0.415. The van der Waals surface area contributed by atoms with Crippen molar-refractivity contribution in [2.24, 2.45) is 0 Å². The highest BCUT2D eigenvalue weighted by molar-refractivity contribution is 7.99. The topological polar surface area (TPSA) is 54.5 Å². The summed E-state index contributed by atoms with van der Waals surface area (Å²) in [7, 11) is -3.40. The molecule has 0 aromatic heterocycles. The normalized spacial score (nSPS) is 16.4. The number of halogens is 1. The zero-order valence-corrected chi connectivity index (χ0v) is 14.4. The van der Waals surface area contributed by atoms with Gasteiger partial charge < -0.3 is 4.90 Å². The van der Waals surface area contributed by atoms with Crippen molar-refractivity contribution in [3.63, 3.8) is 0 Å². The number of nitrogens with zero attached hydrogens (tertiary/aromatic N) is 1. The standard InChI is InChI=1S/C14H18ClNO3S2/c1-3-8-21(18,19)10(2)14(17)16-6-7-20-13-5-4-11(15)9-12(13)16/h4-5,9-10H,3,6-8H2,1-2H3/t10-/m1/s1. The summed E-state index contributed by atoms with van der Waals surface area (Å²) in [6.45, 7) is 3.77. The van der Waals surface area contributed by atoms with Crippen LogP contribution < -0.4 is 4.90 Å². The van der Waals surface area contributed by atoms with E-state index < -0.39 is 15.1 Å². The Morgan fingerprint density at radius 2 is 2.19 bits per heavy atom. The lowest BCUT2D eigenvalue weighted by atomic mass is 10.2. The van der Waals surface area contributed by atoms with E-state index in [0.29, 0.717) is 23.7 Å². The van der Waals surface area contributed by atoms with Gasteiger partial charge in [0.2, 0.25) is 5.91 Å². The molecule has 1 aliphatic rings. The number of carbonyl (C=O) groups is 1. The zero-order valence-electron chi connectivity index (χ0n) is 12.0. The molecule has 0 aliphatic carbocycles. The van der Waals surface area contributed by atoms with Gasteiger partial charge in [0.1, 0.15) is 5.25 Å². The van der Waals surface area contributed by atoms with Crippen molar-refractivity contribution in [1.82, 2.24) is 0 Å². The van der Waals surface area contributed by atoms with Crippen LogP contribution in [0.25, 0.3) is 0 Å². The van der Waals surface area contributed by atoms with E-state index in [4.69, 9.17) is 11.6 Å². The molecule has 1 heterocycles. The largest absolute Gasteiger partial charge is 0.309 e. The average Bonchev–Trinajstić information content (AvgIpc) is 2.45. The summed E-state index contributed by atoms with van der Waals surface area (Å²) in [5, 5.41) is -0.481. The number of carbonyl (C=O) groups excluding carboxylic acids is 1. The van der Waals surface area contributed by atoms with Crippen molar-refractivity contribution in [3.8, 4) is 0 Å². The summed E-state index contributed by atoms with van der Waals surface area (Å²) in [5.41, 5.74) is 0.710. The zero-order chi connectivity index (χ0) is 15.6. The van der Waals surface area contributed by atoms with Crippen LogP contribution in [-0.4, -0.2) is 37.6 Å². The van der Waals surface area contributed by atoms with Gasteiger partial charge in [-0.2, -0.15) is 0 Å². The Labute approximate surface area is 134 Å². The first-order valence-electron chi connectivity index (χ1n) is 6.82. The first-order chi connectivity index (χ1) is 9.86. The molecule has 0 saturated carbocycles. The third kappa shape index (κ3) is 3.55. The molecule has 0 bridgehead atoms. The first kappa shape index (κ1) is 16.6. The maximum absolute atomic E-state index is 12.6. The van der Waals surface area contributed by atoms with Crippen molar-refractivity contribution in [2.75, 3.05) is 23.0 Å². The van der Waals surface area contributed by atoms with Crippen LogP contribution in [0.4, 0.5) is 5.69 Å². The van der Waals surface area contributed by atoms with Gasteiger partial charge in [-0.25, -0.2) is 8.42 Å². The minimum Gasteiger partial charge on any atom is -0.309 e. The molecule has 1 amide bonds. The quantitative estimate of drug-likeness (QED) is 0.840. The van der Waals surface area contributed by atoms with Crippen LogP contribution in [0.5, 0.6) is 0 Å². The van der Waals surface area contributed by atoms with Gasteiger partial charge in [0.05, 0.1) is 11.4 Å². The second kappa shape index (κ2) is 6.58. The molecule has 2 rings (SSSR count). The molecule has 4 nitrogen and oxygen atoms in total. The van der Waals surface area contributed by atoms with Crippen LogP contribution >= 0.6 is 23.4 Å². The second-order valence-corrected chi connectivity index (χ2v) is 8.97. The minimum atomic E-state index is -3.40. The Bertz CT molecular complexity index is 646. The monoisotopic (exact) mass is 347 g/mol. The summed E-state index contributed by atoms with van der Waals surface area (Å²) in [6, 6.07) is 5.37.